The van der Waals surface area contributed by atoms with E-state index < -0.39 is 11.6 Å². The van der Waals surface area contributed by atoms with Crippen molar-refractivity contribution in [1.29, 1.82) is 0 Å². The second kappa shape index (κ2) is 6.65. The molecule has 1 N–H and O–H groups in total. The van der Waals surface area contributed by atoms with Crippen LogP contribution in [0.15, 0.2) is 11.2 Å². The quantitative estimate of drug-likeness (QED) is 0.672. The van der Waals surface area contributed by atoms with Gasteiger partial charge in [-0.15, -0.1) is 5.01 Å². The molecule has 1 aromatic heterocycles. The topological polar surface area (TPSA) is 66.7 Å². The zero-order chi connectivity index (χ0) is 18.2. The summed E-state index contributed by atoms with van der Waals surface area (Å²) in [4.78, 5) is 25.0. The van der Waals surface area contributed by atoms with Crippen molar-refractivity contribution in [3.05, 3.63) is 23.0 Å². The van der Waals surface area contributed by atoms with E-state index >= 15 is 0 Å². The molecule has 6 heteroatoms. The molecule has 1 aromatic rings. The van der Waals surface area contributed by atoms with Crippen molar-refractivity contribution in [1.82, 2.24) is 14.9 Å². The fourth-order valence-corrected chi connectivity index (χ4v) is 3.93. The molecule has 3 amide bonds. The average molecular weight is 344 g/mol. The second-order valence-electron chi connectivity index (χ2n) is 7.77. The van der Waals surface area contributed by atoms with E-state index in [1.165, 1.54) is 0 Å². The van der Waals surface area contributed by atoms with Gasteiger partial charge in [-0.05, 0) is 38.7 Å². The molecule has 1 saturated carbocycles. The van der Waals surface area contributed by atoms with Gasteiger partial charge in [0.25, 0.3) is 5.91 Å². The van der Waals surface area contributed by atoms with Crippen LogP contribution in [0.2, 0.25) is 0 Å². The van der Waals surface area contributed by atoms with Crippen LogP contribution < -0.4 is 5.32 Å². The van der Waals surface area contributed by atoms with Crippen molar-refractivity contribution in [3.8, 4) is 0 Å². The fraction of sp³-hybridized carbons (Fsp3) is 0.632. The average Bonchev–Trinajstić information content (AvgIpc) is 2.94. The number of imide groups is 1. The highest BCUT2D eigenvalue weighted by atomic mass is 16.2. The van der Waals surface area contributed by atoms with E-state index in [2.05, 4.69) is 41.8 Å². The number of nitrogens with zero attached hydrogens (tertiary/aromatic N) is 3. The van der Waals surface area contributed by atoms with Gasteiger partial charge in [-0.25, -0.2) is 4.79 Å². The zero-order valence-corrected chi connectivity index (χ0v) is 15.6. The van der Waals surface area contributed by atoms with Gasteiger partial charge in [0.2, 0.25) is 0 Å². The van der Waals surface area contributed by atoms with Gasteiger partial charge in [0.15, 0.2) is 0 Å². The Morgan fingerprint density at radius 3 is 2.56 bits per heavy atom. The van der Waals surface area contributed by atoms with Crippen LogP contribution in [0, 0.1) is 19.8 Å². The van der Waals surface area contributed by atoms with Crippen molar-refractivity contribution in [2.45, 2.75) is 71.9 Å². The number of carbonyl (C=O) groups excluding carboxylic acids is 2. The second-order valence-corrected chi connectivity index (χ2v) is 7.77. The minimum absolute atomic E-state index is 0.204. The molecular weight excluding hydrogens is 316 g/mol. The van der Waals surface area contributed by atoms with E-state index in [-0.39, 0.29) is 5.91 Å². The SMILES string of the molecule is Cc1cc(/C=N\N2C(=O)NC3(CCCCC3)C2=O)c(C)n1CC(C)C. The lowest BCUT2D eigenvalue weighted by Crippen LogP contribution is -2.48. The van der Waals surface area contributed by atoms with Crippen molar-refractivity contribution < 1.29 is 9.59 Å². The summed E-state index contributed by atoms with van der Waals surface area (Å²) in [6.07, 6.45) is 6.13. The van der Waals surface area contributed by atoms with Gasteiger partial charge in [0.05, 0.1) is 6.21 Å². The first-order valence-electron chi connectivity index (χ1n) is 9.21. The summed E-state index contributed by atoms with van der Waals surface area (Å²) in [6.45, 7) is 9.42. The number of rotatable bonds is 4. The van der Waals surface area contributed by atoms with Crippen LogP contribution in [-0.4, -0.2) is 33.3 Å². The molecule has 3 rings (SSSR count). The largest absolute Gasteiger partial charge is 0.348 e. The number of hydrogen-bond acceptors (Lipinski definition) is 3. The van der Waals surface area contributed by atoms with Crippen LogP contribution in [0.25, 0.3) is 0 Å². The smallest absolute Gasteiger partial charge is 0.346 e. The highest BCUT2D eigenvalue weighted by Crippen LogP contribution is 2.33. The number of urea groups is 1. The maximum atomic E-state index is 12.7. The number of hydrogen-bond donors (Lipinski definition) is 1. The molecule has 0 atom stereocenters. The molecule has 136 valence electrons. The Morgan fingerprint density at radius 2 is 1.92 bits per heavy atom. The van der Waals surface area contributed by atoms with Crippen molar-refractivity contribution in [2.24, 2.45) is 11.0 Å². The normalized spacial score (nSPS) is 20.3. The van der Waals surface area contributed by atoms with Gasteiger partial charge < -0.3 is 9.88 Å². The summed E-state index contributed by atoms with van der Waals surface area (Å²) in [6, 6.07) is 1.65. The molecule has 1 saturated heterocycles. The van der Waals surface area contributed by atoms with Crippen molar-refractivity contribution in [3.63, 3.8) is 0 Å². The minimum atomic E-state index is -0.721. The van der Waals surface area contributed by atoms with Gasteiger partial charge in [0.1, 0.15) is 5.54 Å². The molecule has 6 nitrogen and oxygen atoms in total. The van der Waals surface area contributed by atoms with Crippen molar-refractivity contribution >= 4 is 18.2 Å². The van der Waals surface area contributed by atoms with Crippen LogP contribution in [-0.2, 0) is 11.3 Å². The third-order valence-corrected chi connectivity index (χ3v) is 5.32. The molecule has 0 unspecified atom stereocenters. The molecule has 2 fully saturated rings. The molecule has 0 bridgehead atoms. The number of carbonyl (C=O) groups is 2. The number of hydrazone groups is 1. The van der Waals surface area contributed by atoms with E-state index in [0.717, 1.165) is 47.8 Å². The molecule has 1 aliphatic heterocycles. The molecule has 0 radical (unpaired) electrons. The van der Waals surface area contributed by atoms with Crippen LogP contribution in [0.5, 0.6) is 0 Å². The number of nitrogens with one attached hydrogen (secondary N) is 1. The van der Waals surface area contributed by atoms with Gasteiger partial charge in [0, 0.05) is 23.5 Å². The van der Waals surface area contributed by atoms with E-state index in [4.69, 9.17) is 0 Å². The summed E-state index contributed by atoms with van der Waals surface area (Å²) in [7, 11) is 0. The van der Waals surface area contributed by atoms with Crippen LogP contribution in [0.3, 0.4) is 0 Å². The lowest BCUT2D eigenvalue weighted by Gasteiger charge is -2.29. The summed E-state index contributed by atoms with van der Waals surface area (Å²) < 4.78 is 2.25. The first-order valence-corrected chi connectivity index (χ1v) is 9.21. The Balaban J connectivity index is 1.80. The molecule has 2 heterocycles. The van der Waals surface area contributed by atoms with Gasteiger partial charge >= 0.3 is 6.03 Å². The Bertz CT molecular complexity index is 711. The molecule has 1 spiro atoms. The lowest BCUT2D eigenvalue weighted by molar-refractivity contribution is -0.132. The standard InChI is InChI=1S/C19H28N4O2/c1-13(2)12-22-14(3)10-16(15(22)4)11-20-23-17(24)19(21-18(23)25)8-6-5-7-9-19/h10-11,13H,5-9,12H2,1-4H3,(H,21,25)/b20-11-. The summed E-state index contributed by atoms with van der Waals surface area (Å²) in [5, 5.41) is 8.13. The van der Waals surface area contributed by atoms with E-state index in [0.29, 0.717) is 18.8 Å². The maximum absolute atomic E-state index is 12.7. The summed E-state index contributed by atoms with van der Waals surface area (Å²) >= 11 is 0. The van der Waals surface area contributed by atoms with Gasteiger partial charge in [-0.1, -0.05) is 33.1 Å². The third kappa shape index (κ3) is 3.22. The van der Waals surface area contributed by atoms with Gasteiger partial charge in [-0.2, -0.15) is 5.10 Å². The Hall–Kier alpha value is -2.11. The Labute approximate surface area is 149 Å². The summed E-state index contributed by atoms with van der Waals surface area (Å²) in [5.74, 6) is 0.344. The molecule has 2 aliphatic rings. The molecule has 25 heavy (non-hydrogen) atoms. The van der Waals surface area contributed by atoms with E-state index in [1.807, 2.05) is 6.92 Å². The lowest BCUT2D eigenvalue weighted by atomic mass is 9.82. The zero-order valence-electron chi connectivity index (χ0n) is 15.6. The predicted molar refractivity (Wildman–Crippen MR) is 97.5 cm³/mol. The maximum Gasteiger partial charge on any atom is 0.346 e. The number of aryl methyl sites for hydroxylation is 1. The Kier molecular flexibility index (Phi) is 4.71. The number of amides is 3. The van der Waals surface area contributed by atoms with Crippen LogP contribution in [0.1, 0.15) is 62.9 Å². The van der Waals surface area contributed by atoms with Crippen molar-refractivity contribution in [2.75, 3.05) is 0 Å². The minimum Gasteiger partial charge on any atom is -0.348 e. The first-order chi connectivity index (χ1) is 11.8. The van der Waals surface area contributed by atoms with E-state index in [1.54, 1.807) is 6.21 Å². The highest BCUT2D eigenvalue weighted by Gasteiger charge is 2.51. The third-order valence-electron chi connectivity index (χ3n) is 5.32. The molecule has 0 aromatic carbocycles. The highest BCUT2D eigenvalue weighted by molar-refractivity contribution is 6.07. The fourth-order valence-electron chi connectivity index (χ4n) is 3.93. The number of aromatic nitrogens is 1. The van der Waals surface area contributed by atoms with Crippen LogP contribution >= 0.6 is 0 Å². The Morgan fingerprint density at radius 1 is 1.24 bits per heavy atom. The molecular formula is C19H28N4O2. The summed E-state index contributed by atoms with van der Waals surface area (Å²) in [5.41, 5.74) is 2.49. The first kappa shape index (κ1) is 17.7. The molecule has 1 aliphatic carbocycles. The van der Waals surface area contributed by atoms with Gasteiger partial charge in [-0.3, -0.25) is 4.79 Å². The van der Waals surface area contributed by atoms with Crippen LogP contribution in [0.4, 0.5) is 4.79 Å². The predicted octanol–water partition coefficient (Wildman–Crippen LogP) is 3.35. The van der Waals surface area contributed by atoms with E-state index in [9.17, 15) is 9.59 Å². The monoisotopic (exact) mass is 344 g/mol.